The Labute approximate surface area is 95.6 Å². The first-order valence-corrected chi connectivity index (χ1v) is 5.77. The van der Waals surface area contributed by atoms with E-state index in [9.17, 15) is 9.59 Å². The first-order valence-electron chi connectivity index (χ1n) is 5.77. The van der Waals surface area contributed by atoms with Gasteiger partial charge in [-0.05, 0) is 25.7 Å². The Balaban J connectivity index is 2.09. The average molecular weight is 225 g/mol. The molecule has 2 aliphatic rings. The van der Waals surface area contributed by atoms with Crippen molar-refractivity contribution in [3.63, 3.8) is 0 Å². The number of rotatable bonds is 2. The fourth-order valence-electron chi connectivity index (χ4n) is 2.20. The highest BCUT2D eigenvalue weighted by molar-refractivity contribution is 5.94. The summed E-state index contributed by atoms with van der Waals surface area (Å²) in [6.07, 6.45) is 3.17. The molecular weight excluding hydrogens is 206 g/mol. The number of carbonyl (C=O) groups is 2. The third-order valence-corrected chi connectivity index (χ3v) is 3.45. The quantitative estimate of drug-likeness (QED) is 0.692. The van der Waals surface area contributed by atoms with E-state index in [4.69, 9.17) is 5.73 Å². The van der Waals surface area contributed by atoms with Crippen molar-refractivity contribution >= 4 is 11.8 Å². The van der Waals surface area contributed by atoms with Gasteiger partial charge in [-0.15, -0.1) is 0 Å². The van der Waals surface area contributed by atoms with Gasteiger partial charge in [-0.2, -0.15) is 0 Å². The molecule has 2 fully saturated rings. The van der Waals surface area contributed by atoms with Crippen molar-refractivity contribution in [1.82, 2.24) is 9.80 Å². The highest BCUT2D eigenvalue weighted by Gasteiger charge is 2.51. The van der Waals surface area contributed by atoms with Crippen LogP contribution < -0.4 is 5.73 Å². The number of likely N-dealkylation sites (N-methyl/N-ethyl adjacent to an activating group) is 1. The number of hydrogen-bond acceptors (Lipinski definition) is 3. The Morgan fingerprint density at radius 3 is 2.50 bits per heavy atom. The molecular formula is C11H19N3O2. The lowest BCUT2D eigenvalue weighted by atomic mass is 10.1. The molecule has 1 unspecified atom stereocenters. The second kappa shape index (κ2) is 3.73. The van der Waals surface area contributed by atoms with E-state index in [1.807, 2.05) is 0 Å². The minimum atomic E-state index is -0.658. The summed E-state index contributed by atoms with van der Waals surface area (Å²) in [5.74, 6) is -0.0275. The summed E-state index contributed by atoms with van der Waals surface area (Å²) in [6.45, 7) is 0.669. The maximum Gasteiger partial charge on any atom is 0.244 e. The molecule has 5 heteroatoms. The molecule has 1 atom stereocenters. The van der Waals surface area contributed by atoms with Gasteiger partial charge < -0.3 is 15.5 Å². The molecule has 1 heterocycles. The van der Waals surface area contributed by atoms with Crippen LogP contribution in [0.1, 0.15) is 25.7 Å². The second-order valence-electron chi connectivity index (χ2n) is 5.05. The number of nitrogens with two attached hydrogens (primary N) is 1. The van der Waals surface area contributed by atoms with Crippen LogP contribution >= 0.6 is 0 Å². The van der Waals surface area contributed by atoms with Crippen molar-refractivity contribution in [3.8, 4) is 0 Å². The van der Waals surface area contributed by atoms with Crippen LogP contribution in [0.5, 0.6) is 0 Å². The van der Waals surface area contributed by atoms with Crippen molar-refractivity contribution in [2.75, 3.05) is 20.6 Å². The highest BCUT2D eigenvalue weighted by atomic mass is 16.2. The molecule has 16 heavy (non-hydrogen) atoms. The molecule has 0 spiro atoms. The Bertz CT molecular complexity index is 323. The molecule has 0 radical (unpaired) electrons. The predicted molar refractivity (Wildman–Crippen MR) is 59.6 cm³/mol. The van der Waals surface area contributed by atoms with Crippen LogP contribution in [0.2, 0.25) is 0 Å². The van der Waals surface area contributed by atoms with E-state index in [0.29, 0.717) is 6.54 Å². The first-order chi connectivity index (χ1) is 7.46. The van der Waals surface area contributed by atoms with E-state index in [2.05, 4.69) is 0 Å². The Kier molecular flexibility index (Phi) is 2.66. The molecule has 1 aliphatic heterocycles. The third kappa shape index (κ3) is 1.80. The van der Waals surface area contributed by atoms with Crippen LogP contribution in [-0.2, 0) is 9.59 Å². The molecule has 0 aromatic heterocycles. The highest BCUT2D eigenvalue weighted by Crippen LogP contribution is 2.36. The predicted octanol–water partition coefficient (Wildman–Crippen LogP) is -0.443. The number of nitrogens with zero attached hydrogens (tertiary/aromatic N) is 2. The number of carbonyl (C=O) groups excluding carboxylic acids is 2. The number of amides is 2. The van der Waals surface area contributed by atoms with Gasteiger partial charge in [0.05, 0.1) is 5.54 Å². The Hall–Kier alpha value is -1.10. The van der Waals surface area contributed by atoms with Gasteiger partial charge in [0.15, 0.2) is 0 Å². The molecule has 1 saturated heterocycles. The van der Waals surface area contributed by atoms with Crippen molar-refractivity contribution < 1.29 is 9.59 Å². The fraction of sp³-hybridized carbons (Fsp3) is 0.818. The maximum absolute atomic E-state index is 12.1. The zero-order valence-electron chi connectivity index (χ0n) is 9.90. The van der Waals surface area contributed by atoms with Crippen molar-refractivity contribution in [2.45, 2.75) is 37.3 Å². The zero-order chi connectivity index (χ0) is 11.9. The van der Waals surface area contributed by atoms with Crippen LogP contribution in [-0.4, -0.2) is 53.8 Å². The molecule has 0 aromatic carbocycles. The van der Waals surface area contributed by atoms with Crippen molar-refractivity contribution in [1.29, 1.82) is 0 Å². The average Bonchev–Trinajstić information content (AvgIpc) is 2.83. The summed E-state index contributed by atoms with van der Waals surface area (Å²) in [7, 11) is 3.44. The lowest BCUT2D eigenvalue weighted by Crippen LogP contribution is -2.52. The fourth-order valence-corrected chi connectivity index (χ4v) is 2.20. The summed E-state index contributed by atoms with van der Waals surface area (Å²) in [4.78, 5) is 27.2. The monoisotopic (exact) mass is 225 g/mol. The van der Waals surface area contributed by atoms with E-state index >= 15 is 0 Å². The first kappa shape index (κ1) is 11.4. The van der Waals surface area contributed by atoms with Gasteiger partial charge in [-0.25, -0.2) is 0 Å². The Morgan fingerprint density at radius 2 is 2.00 bits per heavy atom. The van der Waals surface area contributed by atoms with Gasteiger partial charge >= 0.3 is 0 Å². The molecule has 2 N–H and O–H groups in total. The summed E-state index contributed by atoms with van der Waals surface area (Å²) >= 11 is 0. The second-order valence-corrected chi connectivity index (χ2v) is 5.05. The minimum Gasteiger partial charge on any atom is -0.347 e. The lowest BCUT2D eigenvalue weighted by molar-refractivity contribution is -0.143. The third-order valence-electron chi connectivity index (χ3n) is 3.45. The molecule has 5 nitrogen and oxygen atoms in total. The molecule has 2 rings (SSSR count). The number of hydrogen-bond donors (Lipinski definition) is 1. The van der Waals surface area contributed by atoms with Crippen LogP contribution in [0.4, 0.5) is 0 Å². The Morgan fingerprint density at radius 1 is 1.38 bits per heavy atom. The molecule has 1 aliphatic carbocycles. The SMILES string of the molecule is CN(C)C(=O)C1CCCN1C(=O)C1(N)CC1. The summed E-state index contributed by atoms with van der Waals surface area (Å²) in [5.41, 5.74) is 5.23. The van der Waals surface area contributed by atoms with Crippen LogP contribution in [0, 0.1) is 0 Å². The maximum atomic E-state index is 12.1. The van der Waals surface area contributed by atoms with Crippen LogP contribution in [0.15, 0.2) is 0 Å². The van der Waals surface area contributed by atoms with E-state index in [1.54, 1.807) is 23.9 Å². The minimum absolute atomic E-state index is 0.00935. The van der Waals surface area contributed by atoms with Crippen LogP contribution in [0.25, 0.3) is 0 Å². The summed E-state index contributed by atoms with van der Waals surface area (Å²) in [6, 6.07) is -0.288. The molecule has 2 amide bonds. The standard InChI is InChI=1S/C11H19N3O2/c1-13(2)9(15)8-4-3-7-14(8)10(16)11(12)5-6-11/h8H,3-7,12H2,1-2H3. The van der Waals surface area contributed by atoms with Gasteiger partial charge in [0.25, 0.3) is 0 Å². The van der Waals surface area contributed by atoms with Crippen molar-refractivity contribution in [2.24, 2.45) is 5.73 Å². The molecule has 90 valence electrons. The van der Waals surface area contributed by atoms with Gasteiger partial charge in [0.2, 0.25) is 11.8 Å². The summed E-state index contributed by atoms with van der Waals surface area (Å²) in [5, 5.41) is 0. The molecule has 0 bridgehead atoms. The van der Waals surface area contributed by atoms with E-state index in [-0.39, 0.29) is 17.9 Å². The summed E-state index contributed by atoms with van der Waals surface area (Å²) < 4.78 is 0. The number of likely N-dealkylation sites (tertiary alicyclic amines) is 1. The van der Waals surface area contributed by atoms with Crippen LogP contribution in [0.3, 0.4) is 0 Å². The van der Waals surface area contributed by atoms with E-state index in [1.165, 1.54) is 0 Å². The van der Waals surface area contributed by atoms with E-state index < -0.39 is 5.54 Å². The topological polar surface area (TPSA) is 66.6 Å². The molecule has 0 aromatic rings. The van der Waals surface area contributed by atoms with Gasteiger partial charge in [0, 0.05) is 20.6 Å². The lowest BCUT2D eigenvalue weighted by Gasteiger charge is -2.28. The zero-order valence-corrected chi connectivity index (χ0v) is 9.90. The van der Waals surface area contributed by atoms with Gasteiger partial charge in [0.1, 0.15) is 6.04 Å². The van der Waals surface area contributed by atoms with Gasteiger partial charge in [-0.3, -0.25) is 9.59 Å². The largest absolute Gasteiger partial charge is 0.347 e. The smallest absolute Gasteiger partial charge is 0.244 e. The van der Waals surface area contributed by atoms with Gasteiger partial charge in [-0.1, -0.05) is 0 Å². The molecule has 1 saturated carbocycles. The van der Waals surface area contributed by atoms with E-state index in [0.717, 1.165) is 25.7 Å². The van der Waals surface area contributed by atoms with Crippen molar-refractivity contribution in [3.05, 3.63) is 0 Å². The normalized spacial score (nSPS) is 26.7.